The Morgan fingerprint density at radius 1 is 1.50 bits per heavy atom. The second kappa shape index (κ2) is 4.80. The van der Waals surface area contributed by atoms with E-state index in [2.05, 4.69) is 18.7 Å². The molecule has 0 atom stereocenters. The highest BCUT2D eigenvalue weighted by atomic mass is 32.2. The molecule has 1 aliphatic rings. The third-order valence-corrected chi connectivity index (χ3v) is 4.31. The van der Waals surface area contributed by atoms with Crippen LogP contribution in [-0.2, 0) is 0 Å². The molecule has 0 aromatic heterocycles. The first-order chi connectivity index (χ1) is 8.39. The van der Waals surface area contributed by atoms with Crippen molar-refractivity contribution in [2.75, 3.05) is 23.7 Å². The highest BCUT2D eigenvalue weighted by Crippen LogP contribution is 2.33. The molecule has 0 aliphatic carbocycles. The lowest BCUT2D eigenvalue weighted by molar-refractivity contribution is 0.624. The minimum atomic E-state index is -0.352. The predicted octanol–water partition coefficient (Wildman–Crippen LogP) is 2.44. The fourth-order valence-electron chi connectivity index (χ4n) is 2.22. The number of amidine groups is 1. The fraction of sp³-hybridized carbons (Fsp3) is 0.462. The molecule has 3 N–H and O–H groups in total. The van der Waals surface area contributed by atoms with Crippen molar-refractivity contribution in [1.82, 2.24) is 0 Å². The molecule has 2 rings (SSSR count). The quantitative estimate of drug-likeness (QED) is 0.639. The third kappa shape index (κ3) is 2.77. The first-order valence-corrected chi connectivity index (χ1v) is 6.90. The molecule has 1 saturated heterocycles. The number of hydrogen-bond acceptors (Lipinski definition) is 3. The summed E-state index contributed by atoms with van der Waals surface area (Å²) in [5.41, 5.74) is 6.89. The molecule has 0 bridgehead atoms. The van der Waals surface area contributed by atoms with Gasteiger partial charge in [-0.15, -0.1) is 0 Å². The van der Waals surface area contributed by atoms with E-state index in [1.165, 1.54) is 12.1 Å². The van der Waals surface area contributed by atoms with Gasteiger partial charge in [0.2, 0.25) is 0 Å². The second-order valence-corrected chi connectivity index (χ2v) is 6.91. The number of rotatable bonds is 2. The summed E-state index contributed by atoms with van der Waals surface area (Å²) in [4.78, 5) is 2.19. The molecular weight excluding hydrogens is 249 g/mol. The van der Waals surface area contributed by atoms with Crippen LogP contribution in [0.4, 0.5) is 10.1 Å². The van der Waals surface area contributed by atoms with E-state index in [-0.39, 0.29) is 16.4 Å². The molecular formula is C13H18FN3S. The summed E-state index contributed by atoms with van der Waals surface area (Å²) in [6.45, 7) is 6.17. The molecule has 0 amide bonds. The van der Waals surface area contributed by atoms with Gasteiger partial charge in [-0.25, -0.2) is 4.39 Å². The summed E-state index contributed by atoms with van der Waals surface area (Å²) >= 11 is 1.94. The molecule has 0 radical (unpaired) electrons. The van der Waals surface area contributed by atoms with Gasteiger partial charge in [-0.3, -0.25) is 5.41 Å². The monoisotopic (exact) mass is 267 g/mol. The molecule has 0 unspecified atom stereocenters. The number of nitrogen functional groups attached to an aromatic ring is 1. The smallest absolute Gasteiger partial charge is 0.125 e. The van der Waals surface area contributed by atoms with Gasteiger partial charge in [0, 0.05) is 34.8 Å². The van der Waals surface area contributed by atoms with Gasteiger partial charge < -0.3 is 10.6 Å². The topological polar surface area (TPSA) is 53.1 Å². The van der Waals surface area contributed by atoms with Crippen LogP contribution < -0.4 is 10.6 Å². The molecule has 98 valence electrons. The Hall–Kier alpha value is -1.23. The van der Waals surface area contributed by atoms with Crippen molar-refractivity contribution < 1.29 is 4.39 Å². The Morgan fingerprint density at radius 3 is 2.83 bits per heavy atom. The number of anilines is 1. The van der Waals surface area contributed by atoms with Crippen molar-refractivity contribution >= 4 is 23.3 Å². The lowest BCUT2D eigenvalue weighted by Gasteiger charge is -2.39. The zero-order chi connectivity index (χ0) is 13.3. The Morgan fingerprint density at radius 2 is 2.22 bits per heavy atom. The maximum absolute atomic E-state index is 13.3. The number of halogens is 1. The zero-order valence-electron chi connectivity index (χ0n) is 10.7. The molecule has 5 heteroatoms. The van der Waals surface area contributed by atoms with Crippen molar-refractivity contribution in [3.05, 3.63) is 29.6 Å². The third-order valence-electron chi connectivity index (χ3n) is 3.02. The van der Waals surface area contributed by atoms with Gasteiger partial charge in [-0.2, -0.15) is 11.8 Å². The standard InChI is InChI=1S/C13H18FN3S/c1-13(2)8-17(5-6-18-13)11-4-3-9(14)7-10(11)12(15)16/h3-4,7H,5-6,8H2,1-2H3,(H3,15,16). The molecule has 0 saturated carbocycles. The maximum Gasteiger partial charge on any atom is 0.125 e. The van der Waals surface area contributed by atoms with E-state index < -0.39 is 0 Å². The predicted molar refractivity (Wildman–Crippen MR) is 76.2 cm³/mol. The van der Waals surface area contributed by atoms with Gasteiger partial charge in [-0.05, 0) is 32.0 Å². The normalized spacial score (nSPS) is 18.7. The van der Waals surface area contributed by atoms with Gasteiger partial charge in [0.25, 0.3) is 0 Å². The largest absolute Gasteiger partial charge is 0.384 e. The minimum Gasteiger partial charge on any atom is -0.384 e. The van der Waals surface area contributed by atoms with Gasteiger partial charge in [-0.1, -0.05) is 0 Å². The highest BCUT2D eigenvalue weighted by Gasteiger charge is 2.28. The van der Waals surface area contributed by atoms with Crippen molar-refractivity contribution in [1.29, 1.82) is 5.41 Å². The van der Waals surface area contributed by atoms with Gasteiger partial charge in [0.1, 0.15) is 11.7 Å². The van der Waals surface area contributed by atoms with Crippen LogP contribution >= 0.6 is 11.8 Å². The summed E-state index contributed by atoms with van der Waals surface area (Å²) in [6, 6.07) is 4.49. The average Bonchev–Trinajstić information content (AvgIpc) is 2.27. The number of benzene rings is 1. The van der Waals surface area contributed by atoms with Crippen LogP contribution in [0.25, 0.3) is 0 Å². The summed E-state index contributed by atoms with van der Waals surface area (Å²) in [6.07, 6.45) is 0. The summed E-state index contributed by atoms with van der Waals surface area (Å²) in [5.74, 6) is 0.594. The molecule has 18 heavy (non-hydrogen) atoms. The van der Waals surface area contributed by atoms with Crippen molar-refractivity contribution in [3.63, 3.8) is 0 Å². The summed E-state index contributed by atoms with van der Waals surface area (Å²) in [5, 5.41) is 7.57. The number of nitrogens with zero attached hydrogens (tertiary/aromatic N) is 1. The van der Waals surface area contributed by atoms with E-state index in [1.807, 2.05) is 11.8 Å². The summed E-state index contributed by atoms with van der Waals surface area (Å²) in [7, 11) is 0. The van der Waals surface area contributed by atoms with E-state index in [1.54, 1.807) is 6.07 Å². The Kier molecular flexibility index (Phi) is 3.52. The molecule has 1 aromatic carbocycles. The molecule has 3 nitrogen and oxygen atoms in total. The second-order valence-electron chi connectivity index (χ2n) is 5.10. The number of nitrogens with two attached hydrogens (primary N) is 1. The van der Waals surface area contributed by atoms with Crippen LogP contribution in [-0.4, -0.2) is 29.4 Å². The Labute approximate surface area is 111 Å². The molecule has 1 aromatic rings. The van der Waals surface area contributed by atoms with Gasteiger partial charge in [0.15, 0.2) is 0 Å². The molecule has 0 spiro atoms. The minimum absolute atomic E-state index is 0.0828. The van der Waals surface area contributed by atoms with Crippen LogP contribution in [0.5, 0.6) is 0 Å². The van der Waals surface area contributed by atoms with Crippen molar-refractivity contribution in [2.45, 2.75) is 18.6 Å². The van der Waals surface area contributed by atoms with Crippen molar-refractivity contribution in [3.8, 4) is 0 Å². The van der Waals surface area contributed by atoms with E-state index in [9.17, 15) is 4.39 Å². The maximum atomic E-state index is 13.3. The average molecular weight is 267 g/mol. The van der Waals surface area contributed by atoms with Gasteiger partial charge in [0.05, 0.1) is 0 Å². The zero-order valence-corrected chi connectivity index (χ0v) is 11.5. The van der Waals surface area contributed by atoms with Crippen LogP contribution in [0, 0.1) is 11.2 Å². The molecule has 1 heterocycles. The summed E-state index contributed by atoms with van der Waals surface area (Å²) < 4.78 is 13.4. The lowest BCUT2D eigenvalue weighted by Crippen LogP contribution is -2.43. The van der Waals surface area contributed by atoms with Crippen molar-refractivity contribution in [2.24, 2.45) is 5.73 Å². The molecule has 1 fully saturated rings. The van der Waals surface area contributed by atoms with E-state index in [4.69, 9.17) is 11.1 Å². The highest BCUT2D eigenvalue weighted by molar-refractivity contribution is 8.00. The van der Waals surface area contributed by atoms with E-state index in [0.717, 1.165) is 24.5 Å². The van der Waals surface area contributed by atoms with Crippen LogP contribution in [0.15, 0.2) is 18.2 Å². The van der Waals surface area contributed by atoms with Crippen LogP contribution in [0.1, 0.15) is 19.4 Å². The Balaban J connectivity index is 2.35. The van der Waals surface area contributed by atoms with E-state index in [0.29, 0.717) is 5.56 Å². The fourth-order valence-corrected chi connectivity index (χ4v) is 3.33. The van der Waals surface area contributed by atoms with Crippen LogP contribution in [0.3, 0.4) is 0 Å². The Bertz CT molecular complexity index is 473. The van der Waals surface area contributed by atoms with Crippen LogP contribution in [0.2, 0.25) is 0 Å². The number of nitrogens with one attached hydrogen (secondary N) is 1. The lowest BCUT2D eigenvalue weighted by atomic mass is 10.1. The SMILES string of the molecule is CC1(C)CN(c2ccc(F)cc2C(=N)N)CCS1. The van der Waals surface area contributed by atoms with E-state index >= 15 is 0 Å². The first kappa shape index (κ1) is 13.2. The first-order valence-electron chi connectivity index (χ1n) is 5.92. The van der Waals surface area contributed by atoms with Gasteiger partial charge >= 0.3 is 0 Å². The molecule has 1 aliphatic heterocycles. The number of hydrogen-bond donors (Lipinski definition) is 2. The number of thioether (sulfide) groups is 1.